The summed E-state index contributed by atoms with van der Waals surface area (Å²) in [5, 5.41) is 11.9. The number of rotatable bonds is 3. The molecule has 0 saturated carbocycles. The third-order valence-electron chi connectivity index (χ3n) is 1.03. The molecule has 55 valence electrons. The van der Waals surface area contributed by atoms with Crippen LogP contribution in [0.4, 0.5) is 0 Å². The van der Waals surface area contributed by atoms with Gasteiger partial charge >= 0.3 is 0 Å². The summed E-state index contributed by atoms with van der Waals surface area (Å²) in [6.07, 6.45) is 0. The molecule has 0 aliphatic rings. The molecule has 1 radical (unpaired) electrons. The van der Waals surface area contributed by atoms with Crippen LogP contribution in [-0.2, 0) is 0 Å². The molecule has 1 unspecified atom stereocenters. The van der Waals surface area contributed by atoms with Gasteiger partial charge in [-0.3, -0.25) is 0 Å². The predicted octanol–water partition coefficient (Wildman–Crippen LogP) is 0.569. The summed E-state index contributed by atoms with van der Waals surface area (Å²) in [5.41, 5.74) is -0.193. The van der Waals surface area contributed by atoms with E-state index in [9.17, 15) is 0 Å². The Hall–Kier alpha value is -0.0800. The van der Waals surface area contributed by atoms with E-state index in [0.717, 1.165) is 0 Å². The Balaban J connectivity index is 3.58. The van der Waals surface area contributed by atoms with Crippen molar-refractivity contribution in [3.8, 4) is 0 Å². The van der Waals surface area contributed by atoms with E-state index in [4.69, 9.17) is 5.11 Å². The van der Waals surface area contributed by atoms with Gasteiger partial charge in [-0.15, -0.1) is 0 Å². The predicted molar refractivity (Wildman–Crippen MR) is 39.1 cm³/mol. The Labute approximate surface area is 57.3 Å². The molecule has 0 aromatic carbocycles. The van der Waals surface area contributed by atoms with Crippen molar-refractivity contribution in [3.05, 3.63) is 6.92 Å². The molecule has 0 spiro atoms. The van der Waals surface area contributed by atoms with E-state index >= 15 is 0 Å². The lowest BCUT2D eigenvalue weighted by Gasteiger charge is -2.25. The van der Waals surface area contributed by atoms with Crippen molar-refractivity contribution in [2.45, 2.75) is 32.4 Å². The van der Waals surface area contributed by atoms with Crippen molar-refractivity contribution in [2.24, 2.45) is 0 Å². The Kier molecular flexibility index (Phi) is 3.15. The van der Waals surface area contributed by atoms with Crippen LogP contribution in [0.3, 0.4) is 0 Å². The number of hydrogen-bond donors (Lipinski definition) is 2. The quantitative estimate of drug-likeness (QED) is 0.585. The van der Waals surface area contributed by atoms with E-state index in [1.54, 1.807) is 0 Å². The summed E-state index contributed by atoms with van der Waals surface area (Å²) in [6.45, 7) is 9.73. The minimum atomic E-state index is -0.193. The highest BCUT2D eigenvalue weighted by Crippen LogP contribution is 2.00. The van der Waals surface area contributed by atoms with E-state index in [1.807, 2.05) is 20.8 Å². The molecule has 0 rings (SSSR count). The third kappa shape index (κ3) is 4.43. The zero-order valence-electron chi connectivity index (χ0n) is 6.44. The molecule has 0 saturated heterocycles. The van der Waals surface area contributed by atoms with E-state index in [0.29, 0.717) is 0 Å². The molecule has 2 nitrogen and oxygen atoms in total. The molecule has 0 fully saturated rings. The van der Waals surface area contributed by atoms with Crippen molar-refractivity contribution in [1.29, 1.82) is 0 Å². The summed E-state index contributed by atoms with van der Waals surface area (Å²) in [7, 11) is 0. The monoisotopic (exact) mass is 130 g/mol. The fraction of sp³-hybridized carbons (Fsp3) is 0.857. The minimum absolute atomic E-state index is 0.146. The van der Waals surface area contributed by atoms with Gasteiger partial charge in [0.15, 0.2) is 0 Å². The topological polar surface area (TPSA) is 32.3 Å². The van der Waals surface area contributed by atoms with Gasteiger partial charge in [-0.25, -0.2) is 0 Å². The Morgan fingerprint density at radius 3 is 2.22 bits per heavy atom. The molecule has 0 aromatic heterocycles. The van der Waals surface area contributed by atoms with Gasteiger partial charge in [0.05, 0.1) is 6.61 Å². The van der Waals surface area contributed by atoms with Crippen LogP contribution >= 0.6 is 0 Å². The van der Waals surface area contributed by atoms with Gasteiger partial charge in [0.1, 0.15) is 0 Å². The Morgan fingerprint density at radius 2 is 2.11 bits per heavy atom. The first kappa shape index (κ1) is 8.92. The van der Waals surface area contributed by atoms with Crippen molar-refractivity contribution in [3.63, 3.8) is 0 Å². The molecular weight excluding hydrogens is 114 g/mol. The number of hydrogen-bond acceptors (Lipinski definition) is 2. The molecule has 0 bridgehead atoms. The second-order valence-corrected chi connectivity index (χ2v) is 3.09. The van der Waals surface area contributed by atoms with Gasteiger partial charge in [-0.1, -0.05) is 0 Å². The second-order valence-electron chi connectivity index (χ2n) is 3.09. The van der Waals surface area contributed by atoms with Crippen LogP contribution in [0.25, 0.3) is 0 Å². The van der Waals surface area contributed by atoms with Gasteiger partial charge in [-0.2, -0.15) is 0 Å². The molecule has 9 heavy (non-hydrogen) atoms. The molecule has 2 heteroatoms. The van der Waals surface area contributed by atoms with E-state index in [2.05, 4.69) is 12.2 Å². The van der Waals surface area contributed by atoms with Crippen LogP contribution < -0.4 is 5.32 Å². The van der Waals surface area contributed by atoms with Crippen LogP contribution in [0.15, 0.2) is 0 Å². The highest BCUT2D eigenvalue weighted by molar-refractivity contribution is 4.80. The number of aliphatic hydroxyl groups excluding tert-OH is 1. The molecule has 1 atom stereocenters. The van der Waals surface area contributed by atoms with Gasteiger partial charge in [0.25, 0.3) is 0 Å². The van der Waals surface area contributed by atoms with E-state index in [1.165, 1.54) is 0 Å². The highest BCUT2D eigenvalue weighted by Gasteiger charge is 2.15. The average Bonchev–Trinajstić information content (AvgIpc) is 1.63. The highest BCUT2D eigenvalue weighted by atomic mass is 16.3. The summed E-state index contributed by atoms with van der Waals surface area (Å²) >= 11 is 0. The second kappa shape index (κ2) is 3.18. The maximum atomic E-state index is 8.75. The van der Waals surface area contributed by atoms with Crippen molar-refractivity contribution >= 4 is 0 Å². The first-order valence-electron chi connectivity index (χ1n) is 3.19. The van der Waals surface area contributed by atoms with Gasteiger partial charge in [0.2, 0.25) is 0 Å². The lowest BCUT2D eigenvalue weighted by Crippen LogP contribution is -2.46. The SMILES string of the molecule is [CH2]C(C)NC(C)(C)CO. The van der Waals surface area contributed by atoms with E-state index < -0.39 is 0 Å². The normalized spacial score (nSPS) is 12.7. The smallest absolute Gasteiger partial charge is 0.0607 e. The maximum Gasteiger partial charge on any atom is 0.0607 e. The van der Waals surface area contributed by atoms with Crippen molar-refractivity contribution in [1.82, 2.24) is 5.32 Å². The summed E-state index contributed by atoms with van der Waals surface area (Å²) < 4.78 is 0. The van der Waals surface area contributed by atoms with Gasteiger partial charge < -0.3 is 10.4 Å². The molecule has 2 N–H and O–H groups in total. The molecule has 0 aliphatic heterocycles. The summed E-state index contributed by atoms with van der Waals surface area (Å²) in [5.74, 6) is 0. The molecule has 0 amide bonds. The zero-order valence-corrected chi connectivity index (χ0v) is 6.44. The standard InChI is InChI=1S/C7H16NO/c1-6(2)8-7(3,4)5-9/h6,8-9H,1,5H2,2-4H3. The van der Waals surface area contributed by atoms with Gasteiger partial charge in [-0.05, 0) is 27.7 Å². The van der Waals surface area contributed by atoms with E-state index in [-0.39, 0.29) is 18.2 Å². The van der Waals surface area contributed by atoms with Crippen LogP contribution in [0.1, 0.15) is 20.8 Å². The number of aliphatic hydroxyl groups is 1. The zero-order chi connectivity index (χ0) is 7.49. The van der Waals surface area contributed by atoms with Crippen molar-refractivity contribution in [2.75, 3.05) is 6.61 Å². The first-order chi connectivity index (χ1) is 3.98. The average molecular weight is 130 g/mol. The van der Waals surface area contributed by atoms with Crippen LogP contribution in [-0.4, -0.2) is 23.3 Å². The Morgan fingerprint density at radius 1 is 1.67 bits per heavy atom. The molecule has 0 aliphatic carbocycles. The molecule has 0 heterocycles. The third-order valence-corrected chi connectivity index (χ3v) is 1.03. The van der Waals surface area contributed by atoms with Gasteiger partial charge in [0, 0.05) is 11.6 Å². The molecule has 0 aromatic rings. The van der Waals surface area contributed by atoms with Crippen molar-refractivity contribution < 1.29 is 5.11 Å². The Bertz CT molecular complexity index is 79.0. The molecular formula is C7H16NO. The lowest BCUT2D eigenvalue weighted by atomic mass is 10.1. The fourth-order valence-electron chi connectivity index (χ4n) is 0.713. The lowest BCUT2D eigenvalue weighted by molar-refractivity contribution is 0.183. The van der Waals surface area contributed by atoms with Crippen LogP contribution in [0, 0.1) is 6.92 Å². The fourth-order valence-corrected chi connectivity index (χ4v) is 0.713. The van der Waals surface area contributed by atoms with Crippen LogP contribution in [0.2, 0.25) is 0 Å². The summed E-state index contributed by atoms with van der Waals surface area (Å²) in [6, 6.07) is 0.187. The summed E-state index contributed by atoms with van der Waals surface area (Å²) in [4.78, 5) is 0. The largest absolute Gasteiger partial charge is 0.394 e. The first-order valence-corrected chi connectivity index (χ1v) is 3.19. The number of nitrogens with one attached hydrogen (secondary N) is 1. The maximum absolute atomic E-state index is 8.75. The van der Waals surface area contributed by atoms with Crippen LogP contribution in [0.5, 0.6) is 0 Å². The minimum Gasteiger partial charge on any atom is -0.394 e.